The maximum Gasteiger partial charge on any atom is 0.346 e. The van der Waals surface area contributed by atoms with Crippen molar-refractivity contribution in [3.63, 3.8) is 0 Å². The molecule has 1 rings (SSSR count). The summed E-state index contributed by atoms with van der Waals surface area (Å²) in [5.41, 5.74) is 0.0621. The molecule has 0 fully saturated rings. The van der Waals surface area contributed by atoms with Gasteiger partial charge in [-0.15, -0.1) is 0 Å². The number of rotatable bonds is 5. The molecule has 3 amide bonds. The first-order chi connectivity index (χ1) is 10.4. The molecular formula is C14H18N2O6. The molecule has 0 saturated carbocycles. The molecule has 8 nitrogen and oxygen atoms in total. The van der Waals surface area contributed by atoms with Crippen molar-refractivity contribution in [2.45, 2.75) is 13.0 Å². The molecular weight excluding hydrogens is 292 g/mol. The normalized spacial score (nSPS) is 11.1. The SMILES string of the molecule is CNC(=O)NC(=O)[C@H](C)OC(=O)c1c(OC)cccc1OC. The van der Waals surface area contributed by atoms with Crippen molar-refractivity contribution in [1.29, 1.82) is 0 Å². The van der Waals surface area contributed by atoms with Gasteiger partial charge >= 0.3 is 12.0 Å². The predicted octanol–water partition coefficient (Wildman–Crippen LogP) is 0.705. The molecule has 0 bridgehead atoms. The van der Waals surface area contributed by atoms with Crippen molar-refractivity contribution >= 4 is 17.9 Å². The fourth-order valence-electron chi connectivity index (χ4n) is 1.60. The highest BCUT2D eigenvalue weighted by Crippen LogP contribution is 2.29. The Hall–Kier alpha value is -2.77. The Morgan fingerprint density at radius 3 is 2.09 bits per heavy atom. The van der Waals surface area contributed by atoms with E-state index in [4.69, 9.17) is 14.2 Å². The van der Waals surface area contributed by atoms with E-state index in [9.17, 15) is 14.4 Å². The lowest BCUT2D eigenvalue weighted by Gasteiger charge is -2.15. The lowest BCUT2D eigenvalue weighted by molar-refractivity contribution is -0.127. The zero-order valence-corrected chi connectivity index (χ0v) is 12.8. The maximum absolute atomic E-state index is 12.2. The Balaban J connectivity index is 2.89. The van der Waals surface area contributed by atoms with Crippen molar-refractivity contribution in [3.8, 4) is 11.5 Å². The van der Waals surface area contributed by atoms with Crippen molar-refractivity contribution in [2.24, 2.45) is 0 Å². The summed E-state index contributed by atoms with van der Waals surface area (Å²) in [5.74, 6) is -1.04. The Morgan fingerprint density at radius 2 is 1.64 bits per heavy atom. The second-order valence-corrected chi connectivity index (χ2v) is 4.15. The van der Waals surface area contributed by atoms with Crippen LogP contribution < -0.4 is 20.1 Å². The van der Waals surface area contributed by atoms with Gasteiger partial charge in [-0.2, -0.15) is 0 Å². The van der Waals surface area contributed by atoms with E-state index in [1.54, 1.807) is 18.2 Å². The number of urea groups is 1. The van der Waals surface area contributed by atoms with Crippen LogP contribution in [0.1, 0.15) is 17.3 Å². The third-order valence-corrected chi connectivity index (χ3v) is 2.75. The number of nitrogens with one attached hydrogen (secondary N) is 2. The summed E-state index contributed by atoms with van der Waals surface area (Å²) < 4.78 is 15.2. The van der Waals surface area contributed by atoms with Crippen LogP contribution in [-0.4, -0.2) is 45.3 Å². The van der Waals surface area contributed by atoms with Gasteiger partial charge in [-0.25, -0.2) is 9.59 Å². The molecule has 1 aromatic carbocycles. The van der Waals surface area contributed by atoms with Gasteiger partial charge in [-0.1, -0.05) is 6.07 Å². The Bertz CT molecular complexity index is 550. The summed E-state index contributed by atoms with van der Waals surface area (Å²) in [6, 6.07) is 4.08. The van der Waals surface area contributed by atoms with E-state index in [0.717, 1.165) is 0 Å². The van der Waals surface area contributed by atoms with Gasteiger partial charge in [-0.05, 0) is 19.1 Å². The fourth-order valence-corrected chi connectivity index (χ4v) is 1.60. The quantitative estimate of drug-likeness (QED) is 0.776. The van der Waals surface area contributed by atoms with Crippen LogP contribution in [0.2, 0.25) is 0 Å². The van der Waals surface area contributed by atoms with Crippen LogP contribution in [0.25, 0.3) is 0 Å². The lowest BCUT2D eigenvalue weighted by atomic mass is 10.1. The molecule has 2 N–H and O–H groups in total. The third-order valence-electron chi connectivity index (χ3n) is 2.75. The summed E-state index contributed by atoms with van der Waals surface area (Å²) in [7, 11) is 4.15. The van der Waals surface area contributed by atoms with Crippen molar-refractivity contribution in [3.05, 3.63) is 23.8 Å². The molecule has 0 radical (unpaired) electrons. The average molecular weight is 310 g/mol. The summed E-state index contributed by atoms with van der Waals surface area (Å²) in [6.07, 6.45) is -1.17. The van der Waals surface area contributed by atoms with Crippen LogP contribution in [0, 0.1) is 0 Å². The minimum absolute atomic E-state index is 0.0621. The molecule has 1 aromatic rings. The minimum atomic E-state index is -1.17. The molecule has 8 heteroatoms. The second-order valence-electron chi connectivity index (χ2n) is 4.15. The van der Waals surface area contributed by atoms with Crippen molar-refractivity contribution < 1.29 is 28.6 Å². The molecule has 0 aromatic heterocycles. The number of carbonyl (C=O) groups excluding carboxylic acids is 3. The van der Waals surface area contributed by atoms with Crippen molar-refractivity contribution in [2.75, 3.05) is 21.3 Å². The lowest BCUT2D eigenvalue weighted by Crippen LogP contribution is -2.43. The van der Waals surface area contributed by atoms with Gasteiger partial charge in [0.2, 0.25) is 0 Å². The number of imide groups is 1. The number of amides is 3. The van der Waals surface area contributed by atoms with Crippen LogP contribution in [0.5, 0.6) is 11.5 Å². The van der Waals surface area contributed by atoms with Crippen LogP contribution in [0.4, 0.5) is 4.79 Å². The number of esters is 1. The molecule has 1 atom stereocenters. The molecule has 0 aliphatic carbocycles. The largest absolute Gasteiger partial charge is 0.496 e. The number of benzene rings is 1. The van der Waals surface area contributed by atoms with Crippen LogP contribution in [-0.2, 0) is 9.53 Å². The topological polar surface area (TPSA) is 103 Å². The van der Waals surface area contributed by atoms with E-state index in [0.29, 0.717) is 0 Å². The molecule has 0 unspecified atom stereocenters. The predicted molar refractivity (Wildman–Crippen MR) is 77.0 cm³/mol. The van der Waals surface area contributed by atoms with E-state index in [1.165, 1.54) is 28.2 Å². The van der Waals surface area contributed by atoms with Gasteiger partial charge in [-0.3, -0.25) is 10.1 Å². The van der Waals surface area contributed by atoms with E-state index < -0.39 is 24.0 Å². The minimum Gasteiger partial charge on any atom is -0.496 e. The average Bonchev–Trinajstić information content (AvgIpc) is 2.53. The van der Waals surface area contributed by atoms with Crippen molar-refractivity contribution in [1.82, 2.24) is 10.6 Å². The number of carbonyl (C=O) groups is 3. The zero-order chi connectivity index (χ0) is 16.7. The van der Waals surface area contributed by atoms with Gasteiger partial charge in [0.05, 0.1) is 14.2 Å². The second kappa shape index (κ2) is 7.87. The summed E-state index contributed by atoms with van der Waals surface area (Å²) >= 11 is 0. The fraction of sp³-hybridized carbons (Fsp3) is 0.357. The monoisotopic (exact) mass is 310 g/mol. The Labute approximate surface area is 127 Å². The molecule has 0 heterocycles. The van der Waals surface area contributed by atoms with Gasteiger partial charge in [0.25, 0.3) is 5.91 Å². The van der Waals surface area contributed by atoms with Crippen LogP contribution in [0.15, 0.2) is 18.2 Å². The number of methoxy groups -OCH3 is 2. The molecule has 0 aliphatic heterocycles. The van der Waals surface area contributed by atoms with Crippen LogP contribution in [0.3, 0.4) is 0 Å². The molecule has 0 spiro atoms. The van der Waals surface area contributed by atoms with Gasteiger partial charge in [0.1, 0.15) is 17.1 Å². The molecule has 120 valence electrons. The summed E-state index contributed by atoms with van der Waals surface area (Å²) in [6.45, 7) is 1.35. The van der Waals surface area contributed by atoms with Gasteiger partial charge < -0.3 is 19.5 Å². The maximum atomic E-state index is 12.2. The Morgan fingerprint density at radius 1 is 1.09 bits per heavy atom. The molecule has 0 aliphatic rings. The number of hydrogen-bond acceptors (Lipinski definition) is 6. The summed E-state index contributed by atoms with van der Waals surface area (Å²) in [5, 5.41) is 4.24. The highest BCUT2D eigenvalue weighted by atomic mass is 16.6. The standard InChI is InChI=1S/C14H18N2O6/c1-8(12(17)16-14(19)15-2)22-13(18)11-9(20-3)6-5-7-10(11)21-4/h5-8H,1-4H3,(H2,15,16,17,19)/t8-/m0/s1. The van der Waals surface area contributed by atoms with E-state index in [1.807, 2.05) is 5.32 Å². The molecule has 0 saturated heterocycles. The molecule has 22 heavy (non-hydrogen) atoms. The first-order valence-corrected chi connectivity index (χ1v) is 6.39. The van der Waals surface area contributed by atoms with E-state index >= 15 is 0 Å². The number of ether oxygens (including phenoxy) is 3. The van der Waals surface area contributed by atoms with E-state index in [2.05, 4.69) is 5.32 Å². The summed E-state index contributed by atoms with van der Waals surface area (Å²) in [4.78, 5) is 34.9. The first kappa shape index (κ1) is 17.3. The van der Waals surface area contributed by atoms with E-state index in [-0.39, 0.29) is 17.1 Å². The highest BCUT2D eigenvalue weighted by Gasteiger charge is 2.25. The number of hydrogen-bond donors (Lipinski definition) is 2. The van der Waals surface area contributed by atoms with Gasteiger partial charge in [0, 0.05) is 7.05 Å². The first-order valence-electron chi connectivity index (χ1n) is 6.39. The highest BCUT2D eigenvalue weighted by molar-refractivity contribution is 6.00. The zero-order valence-electron chi connectivity index (χ0n) is 12.8. The third kappa shape index (κ3) is 4.11. The smallest absolute Gasteiger partial charge is 0.346 e. The van der Waals surface area contributed by atoms with Gasteiger partial charge in [0.15, 0.2) is 6.10 Å². The van der Waals surface area contributed by atoms with Crippen LogP contribution >= 0.6 is 0 Å². The Kier molecular flexibility index (Phi) is 6.18.